The average Bonchev–Trinajstić information content (AvgIpc) is 2.40. The summed E-state index contributed by atoms with van der Waals surface area (Å²) in [7, 11) is 1.62. The zero-order valence-electron chi connectivity index (χ0n) is 12.2. The normalized spacial score (nSPS) is 12.3. The first kappa shape index (κ1) is 15.5. The van der Waals surface area contributed by atoms with Gasteiger partial charge in [0, 0.05) is 11.7 Å². The van der Waals surface area contributed by atoms with Crippen LogP contribution in [0, 0.1) is 5.92 Å². The Morgan fingerprint density at radius 1 is 1.26 bits per heavy atom. The Morgan fingerprint density at radius 2 is 1.89 bits per heavy atom. The fourth-order valence-electron chi connectivity index (χ4n) is 1.95. The molecular weight excluding hydrogens is 240 g/mol. The number of hydrogen-bond donors (Lipinski definition) is 2. The molecule has 0 aliphatic heterocycles. The molecule has 0 aromatic heterocycles. The lowest BCUT2D eigenvalue weighted by molar-refractivity contribution is -0.115. The van der Waals surface area contributed by atoms with E-state index in [1.807, 2.05) is 24.3 Å². The molecule has 19 heavy (non-hydrogen) atoms. The molecule has 106 valence electrons. The van der Waals surface area contributed by atoms with Gasteiger partial charge in [-0.05, 0) is 36.6 Å². The Morgan fingerprint density at radius 3 is 2.37 bits per heavy atom. The molecule has 0 bridgehead atoms. The van der Waals surface area contributed by atoms with Crippen LogP contribution in [0.15, 0.2) is 24.3 Å². The van der Waals surface area contributed by atoms with Crippen LogP contribution in [0.3, 0.4) is 0 Å². The van der Waals surface area contributed by atoms with Crippen LogP contribution in [0.25, 0.3) is 0 Å². The van der Waals surface area contributed by atoms with Gasteiger partial charge in [0.1, 0.15) is 5.75 Å². The second-order valence-electron chi connectivity index (χ2n) is 4.92. The summed E-state index contributed by atoms with van der Waals surface area (Å²) in [5, 5.41) is 6.13. The number of amides is 1. The number of methoxy groups -OCH3 is 1. The van der Waals surface area contributed by atoms with Crippen LogP contribution in [0.1, 0.15) is 27.2 Å². The lowest BCUT2D eigenvalue weighted by Crippen LogP contribution is -2.38. The van der Waals surface area contributed by atoms with Crippen molar-refractivity contribution in [2.24, 2.45) is 5.92 Å². The number of carbonyl (C=O) groups excluding carboxylic acids is 1. The predicted molar refractivity (Wildman–Crippen MR) is 78.5 cm³/mol. The molecule has 0 aliphatic rings. The van der Waals surface area contributed by atoms with Gasteiger partial charge in [-0.2, -0.15) is 0 Å². The molecule has 1 unspecified atom stereocenters. The summed E-state index contributed by atoms with van der Waals surface area (Å²) in [6, 6.07) is 7.69. The second kappa shape index (κ2) is 7.79. The molecule has 4 nitrogen and oxygen atoms in total. The van der Waals surface area contributed by atoms with Gasteiger partial charge < -0.3 is 15.4 Å². The molecule has 0 saturated carbocycles. The predicted octanol–water partition coefficient (Wildman–Crippen LogP) is 2.66. The molecule has 1 aromatic carbocycles. The number of carbonyl (C=O) groups is 1. The van der Waals surface area contributed by atoms with Crippen LogP contribution in [0.5, 0.6) is 5.75 Å². The Labute approximate surface area is 115 Å². The summed E-state index contributed by atoms with van der Waals surface area (Å²) in [6.45, 7) is 6.77. The van der Waals surface area contributed by atoms with E-state index >= 15 is 0 Å². The van der Waals surface area contributed by atoms with Crippen LogP contribution in [-0.2, 0) is 4.79 Å². The maximum absolute atomic E-state index is 11.8. The van der Waals surface area contributed by atoms with Crippen molar-refractivity contribution in [3.8, 4) is 5.75 Å². The van der Waals surface area contributed by atoms with Crippen molar-refractivity contribution >= 4 is 11.6 Å². The largest absolute Gasteiger partial charge is 0.497 e. The van der Waals surface area contributed by atoms with E-state index in [1.54, 1.807) is 7.11 Å². The summed E-state index contributed by atoms with van der Waals surface area (Å²) >= 11 is 0. The first-order chi connectivity index (χ1) is 9.06. The minimum atomic E-state index is -0.0238. The van der Waals surface area contributed by atoms with Crippen molar-refractivity contribution in [3.05, 3.63) is 24.3 Å². The first-order valence-electron chi connectivity index (χ1n) is 6.74. The number of anilines is 1. The molecule has 1 atom stereocenters. The highest BCUT2D eigenvalue weighted by Gasteiger charge is 2.11. The third-order valence-electron chi connectivity index (χ3n) is 3.14. The van der Waals surface area contributed by atoms with Crippen LogP contribution < -0.4 is 15.4 Å². The van der Waals surface area contributed by atoms with Crippen LogP contribution in [-0.4, -0.2) is 25.6 Å². The Kier molecular flexibility index (Phi) is 6.36. The molecule has 0 spiro atoms. The topological polar surface area (TPSA) is 50.4 Å². The lowest BCUT2D eigenvalue weighted by atomic mass is 10.0. The van der Waals surface area contributed by atoms with Gasteiger partial charge in [0.2, 0.25) is 5.91 Å². The molecule has 0 heterocycles. The average molecular weight is 264 g/mol. The van der Waals surface area contributed by atoms with E-state index in [4.69, 9.17) is 4.74 Å². The summed E-state index contributed by atoms with van der Waals surface area (Å²) in [4.78, 5) is 11.8. The molecular formula is C15H24N2O2. The fourth-order valence-corrected chi connectivity index (χ4v) is 1.95. The Hall–Kier alpha value is -1.55. The van der Waals surface area contributed by atoms with Crippen LogP contribution in [0.2, 0.25) is 0 Å². The van der Waals surface area contributed by atoms with Crippen LogP contribution >= 0.6 is 0 Å². The van der Waals surface area contributed by atoms with Gasteiger partial charge in [-0.1, -0.05) is 20.8 Å². The lowest BCUT2D eigenvalue weighted by Gasteiger charge is -2.20. The van der Waals surface area contributed by atoms with Gasteiger partial charge >= 0.3 is 0 Å². The van der Waals surface area contributed by atoms with E-state index in [9.17, 15) is 4.79 Å². The maximum atomic E-state index is 11.8. The molecule has 1 rings (SSSR count). The zero-order valence-corrected chi connectivity index (χ0v) is 12.2. The standard InChI is InChI=1S/C15H24N2O2/c1-5-14(11(2)3)16-10-15(18)17-12-6-8-13(19-4)9-7-12/h6-9,11,14,16H,5,10H2,1-4H3,(H,17,18). The number of hydrogen-bond acceptors (Lipinski definition) is 3. The van der Waals surface area contributed by atoms with Crippen molar-refractivity contribution in [1.82, 2.24) is 5.32 Å². The van der Waals surface area contributed by atoms with E-state index in [1.165, 1.54) is 0 Å². The van der Waals surface area contributed by atoms with Crippen molar-refractivity contribution in [2.45, 2.75) is 33.2 Å². The van der Waals surface area contributed by atoms with Gasteiger partial charge in [0.15, 0.2) is 0 Å². The molecule has 0 fully saturated rings. The Balaban J connectivity index is 2.42. The third-order valence-corrected chi connectivity index (χ3v) is 3.14. The van der Waals surface area contributed by atoms with E-state index in [-0.39, 0.29) is 5.91 Å². The highest BCUT2D eigenvalue weighted by atomic mass is 16.5. The van der Waals surface area contributed by atoms with Gasteiger partial charge in [-0.3, -0.25) is 4.79 Å². The maximum Gasteiger partial charge on any atom is 0.238 e. The van der Waals surface area contributed by atoms with Gasteiger partial charge in [-0.25, -0.2) is 0 Å². The van der Waals surface area contributed by atoms with E-state index in [2.05, 4.69) is 31.4 Å². The highest BCUT2D eigenvalue weighted by Crippen LogP contribution is 2.14. The van der Waals surface area contributed by atoms with Crippen molar-refractivity contribution < 1.29 is 9.53 Å². The molecule has 4 heteroatoms. The summed E-state index contributed by atoms with van der Waals surface area (Å²) in [6.07, 6.45) is 1.02. The number of nitrogens with one attached hydrogen (secondary N) is 2. The van der Waals surface area contributed by atoms with Crippen LogP contribution in [0.4, 0.5) is 5.69 Å². The second-order valence-corrected chi connectivity index (χ2v) is 4.92. The van der Waals surface area contributed by atoms with Gasteiger partial charge in [0.25, 0.3) is 0 Å². The molecule has 2 N–H and O–H groups in total. The monoisotopic (exact) mass is 264 g/mol. The molecule has 0 saturated heterocycles. The SMILES string of the molecule is CCC(NCC(=O)Nc1ccc(OC)cc1)C(C)C. The summed E-state index contributed by atoms with van der Waals surface area (Å²) < 4.78 is 5.07. The Bertz CT molecular complexity index is 388. The zero-order chi connectivity index (χ0) is 14.3. The van der Waals surface area contributed by atoms with Gasteiger partial charge in [0.05, 0.1) is 13.7 Å². The molecule has 0 radical (unpaired) electrons. The quantitative estimate of drug-likeness (QED) is 0.796. The molecule has 0 aliphatic carbocycles. The molecule has 1 aromatic rings. The number of benzene rings is 1. The van der Waals surface area contributed by atoms with E-state index in [0.29, 0.717) is 18.5 Å². The van der Waals surface area contributed by atoms with Crippen molar-refractivity contribution in [1.29, 1.82) is 0 Å². The van der Waals surface area contributed by atoms with E-state index < -0.39 is 0 Å². The summed E-state index contributed by atoms with van der Waals surface area (Å²) in [5.41, 5.74) is 0.783. The summed E-state index contributed by atoms with van der Waals surface area (Å²) in [5.74, 6) is 1.28. The molecule has 1 amide bonds. The van der Waals surface area contributed by atoms with Crippen molar-refractivity contribution in [3.63, 3.8) is 0 Å². The highest BCUT2D eigenvalue weighted by molar-refractivity contribution is 5.92. The minimum Gasteiger partial charge on any atom is -0.497 e. The van der Waals surface area contributed by atoms with E-state index in [0.717, 1.165) is 17.9 Å². The number of ether oxygens (including phenoxy) is 1. The minimum absolute atomic E-state index is 0.0238. The number of rotatable bonds is 7. The first-order valence-corrected chi connectivity index (χ1v) is 6.74. The van der Waals surface area contributed by atoms with Gasteiger partial charge in [-0.15, -0.1) is 0 Å². The van der Waals surface area contributed by atoms with Crippen molar-refractivity contribution in [2.75, 3.05) is 19.0 Å². The third kappa shape index (κ3) is 5.30. The smallest absolute Gasteiger partial charge is 0.238 e. The fraction of sp³-hybridized carbons (Fsp3) is 0.533.